The summed E-state index contributed by atoms with van der Waals surface area (Å²) in [6.45, 7) is 5.37. The van der Waals surface area contributed by atoms with Gasteiger partial charge in [0.05, 0.1) is 24.5 Å². The summed E-state index contributed by atoms with van der Waals surface area (Å²) < 4.78 is 11.9. The van der Waals surface area contributed by atoms with Crippen molar-refractivity contribution in [3.05, 3.63) is 24.3 Å². The normalized spacial score (nSPS) is 30.4. The highest BCUT2D eigenvalue weighted by Crippen LogP contribution is 2.60. The second-order valence-electron chi connectivity index (χ2n) is 9.72. The highest BCUT2D eigenvalue weighted by molar-refractivity contribution is 9.09. The molecule has 3 fully saturated rings. The summed E-state index contributed by atoms with van der Waals surface area (Å²) in [6, 6.07) is 6.29. The van der Waals surface area contributed by atoms with Gasteiger partial charge in [-0.2, -0.15) is 0 Å². The molecule has 0 radical (unpaired) electrons. The SMILES string of the molecule is CCCCNC(=O)C1N(CCCCO)C(=O)[C@@H]2[C@@H](C(=O)Nc3ccc(OCC)cc3)[C@@H]3OC12CC3Br. The maximum Gasteiger partial charge on any atom is 0.245 e. The van der Waals surface area contributed by atoms with E-state index < -0.39 is 29.6 Å². The summed E-state index contributed by atoms with van der Waals surface area (Å²) in [5.41, 5.74) is -0.461. The van der Waals surface area contributed by atoms with Crippen LogP contribution in [-0.4, -0.2) is 76.6 Å². The highest BCUT2D eigenvalue weighted by atomic mass is 79.9. The van der Waals surface area contributed by atoms with Gasteiger partial charge in [-0.05, 0) is 56.9 Å². The van der Waals surface area contributed by atoms with Crippen LogP contribution in [0.15, 0.2) is 24.3 Å². The molecule has 3 unspecified atom stereocenters. The van der Waals surface area contributed by atoms with E-state index >= 15 is 0 Å². The van der Waals surface area contributed by atoms with Crippen molar-refractivity contribution in [3.63, 3.8) is 0 Å². The van der Waals surface area contributed by atoms with E-state index in [1.165, 1.54) is 0 Å². The minimum atomic E-state index is -1.06. The molecule has 10 heteroatoms. The predicted molar refractivity (Wildman–Crippen MR) is 138 cm³/mol. The molecule has 3 N–H and O–H groups in total. The molecule has 36 heavy (non-hydrogen) atoms. The first-order chi connectivity index (χ1) is 17.4. The molecule has 1 aromatic rings. The van der Waals surface area contributed by atoms with Gasteiger partial charge < -0.3 is 30.1 Å². The number of alkyl halides is 1. The maximum atomic E-state index is 13.8. The topological polar surface area (TPSA) is 117 Å². The molecule has 2 bridgehead atoms. The first-order valence-electron chi connectivity index (χ1n) is 12.9. The average Bonchev–Trinajstić information content (AvgIpc) is 3.44. The smallest absolute Gasteiger partial charge is 0.245 e. The summed E-state index contributed by atoms with van der Waals surface area (Å²) in [5.74, 6) is -1.52. The quantitative estimate of drug-likeness (QED) is 0.265. The van der Waals surface area contributed by atoms with Gasteiger partial charge in [0, 0.05) is 30.2 Å². The van der Waals surface area contributed by atoms with Crippen molar-refractivity contribution in [2.24, 2.45) is 11.8 Å². The standard InChI is InChI=1S/C26H36BrN3O6/c1-3-5-12-28-24(33)22-26-15-18(27)21(36-26)19(20(26)25(34)30(22)13-6-7-14-31)23(32)29-16-8-10-17(11-9-16)35-4-2/h8-11,18-22,31H,3-7,12-15H2,1-2H3,(H,28,33)(H,29,32)/t18?,19-,20+,21-,22?,26?/m1/s1. The van der Waals surface area contributed by atoms with Gasteiger partial charge in [0.2, 0.25) is 17.7 Å². The van der Waals surface area contributed by atoms with Crippen LogP contribution in [0.5, 0.6) is 5.75 Å². The van der Waals surface area contributed by atoms with Crippen molar-refractivity contribution in [1.29, 1.82) is 0 Å². The maximum absolute atomic E-state index is 13.8. The largest absolute Gasteiger partial charge is 0.494 e. The molecule has 4 rings (SSSR count). The van der Waals surface area contributed by atoms with Crippen LogP contribution in [0.3, 0.4) is 0 Å². The van der Waals surface area contributed by atoms with Gasteiger partial charge in [-0.25, -0.2) is 0 Å². The second-order valence-corrected chi connectivity index (χ2v) is 10.9. The van der Waals surface area contributed by atoms with Crippen molar-refractivity contribution in [2.45, 2.75) is 68.5 Å². The fourth-order valence-electron chi connectivity index (χ4n) is 5.88. The van der Waals surface area contributed by atoms with E-state index in [9.17, 15) is 19.5 Å². The van der Waals surface area contributed by atoms with Gasteiger partial charge >= 0.3 is 0 Å². The summed E-state index contributed by atoms with van der Waals surface area (Å²) >= 11 is 3.68. The molecule has 9 nitrogen and oxygen atoms in total. The summed E-state index contributed by atoms with van der Waals surface area (Å²) in [6.07, 6.45) is 2.83. The summed E-state index contributed by atoms with van der Waals surface area (Å²) in [5, 5.41) is 15.2. The van der Waals surface area contributed by atoms with Gasteiger partial charge in [0.15, 0.2) is 0 Å². The third kappa shape index (κ3) is 4.87. The third-order valence-corrected chi connectivity index (χ3v) is 8.25. The Balaban J connectivity index is 1.60. The Morgan fingerprint density at radius 3 is 2.61 bits per heavy atom. The molecule has 1 spiro atoms. The molecule has 3 saturated heterocycles. The third-order valence-electron chi connectivity index (χ3n) is 7.41. The number of unbranched alkanes of at least 4 members (excludes halogenated alkanes) is 2. The van der Waals surface area contributed by atoms with E-state index in [0.717, 1.165) is 12.8 Å². The Morgan fingerprint density at radius 1 is 1.19 bits per heavy atom. The Labute approximate surface area is 220 Å². The van der Waals surface area contributed by atoms with Crippen LogP contribution in [0.25, 0.3) is 0 Å². The van der Waals surface area contributed by atoms with Gasteiger partial charge in [-0.3, -0.25) is 14.4 Å². The molecule has 198 valence electrons. The van der Waals surface area contributed by atoms with Crippen molar-refractivity contribution in [1.82, 2.24) is 10.2 Å². The molecule has 3 aliphatic heterocycles. The lowest BCUT2D eigenvalue weighted by molar-refractivity contribution is -0.141. The number of rotatable bonds is 12. The van der Waals surface area contributed by atoms with Crippen LogP contribution in [0.2, 0.25) is 0 Å². The number of hydrogen-bond donors (Lipinski definition) is 3. The Hall–Kier alpha value is -2.17. The molecule has 0 aromatic heterocycles. The molecule has 6 atom stereocenters. The van der Waals surface area contributed by atoms with E-state index in [-0.39, 0.29) is 29.2 Å². The zero-order valence-electron chi connectivity index (χ0n) is 20.9. The number of nitrogens with zero attached hydrogens (tertiary/aromatic N) is 1. The van der Waals surface area contributed by atoms with Crippen LogP contribution in [0.4, 0.5) is 5.69 Å². The number of aliphatic hydroxyl groups is 1. The monoisotopic (exact) mass is 565 g/mol. The number of likely N-dealkylation sites (tertiary alicyclic amines) is 1. The van der Waals surface area contributed by atoms with Crippen molar-refractivity contribution in [3.8, 4) is 5.75 Å². The van der Waals surface area contributed by atoms with Crippen LogP contribution in [0, 0.1) is 11.8 Å². The Bertz CT molecular complexity index is 960. The molecular weight excluding hydrogens is 530 g/mol. The number of aliphatic hydroxyl groups excluding tert-OH is 1. The Kier molecular flexibility index (Phi) is 8.57. The van der Waals surface area contributed by atoms with Gasteiger partial charge in [-0.1, -0.05) is 29.3 Å². The first kappa shape index (κ1) is 26.9. The number of carbonyl (C=O) groups is 3. The van der Waals surface area contributed by atoms with Gasteiger partial charge in [-0.15, -0.1) is 0 Å². The zero-order valence-corrected chi connectivity index (χ0v) is 22.5. The number of nitrogens with one attached hydrogen (secondary N) is 2. The molecule has 0 saturated carbocycles. The van der Waals surface area contributed by atoms with E-state index in [1.54, 1.807) is 29.2 Å². The average molecular weight is 566 g/mol. The highest BCUT2D eigenvalue weighted by Gasteiger charge is 2.76. The molecule has 3 aliphatic rings. The number of hydrogen-bond acceptors (Lipinski definition) is 6. The molecular formula is C26H36BrN3O6. The molecule has 3 amide bonds. The number of ether oxygens (including phenoxy) is 2. The number of halogens is 1. The van der Waals surface area contributed by atoms with E-state index in [0.29, 0.717) is 50.4 Å². The lowest BCUT2D eigenvalue weighted by atomic mass is 9.70. The van der Waals surface area contributed by atoms with Crippen LogP contribution in [-0.2, 0) is 19.1 Å². The van der Waals surface area contributed by atoms with Crippen LogP contribution in [0.1, 0.15) is 46.0 Å². The first-order valence-corrected chi connectivity index (χ1v) is 13.8. The zero-order chi connectivity index (χ0) is 25.9. The number of carbonyl (C=O) groups excluding carboxylic acids is 3. The van der Waals surface area contributed by atoms with E-state index in [4.69, 9.17) is 9.47 Å². The number of anilines is 1. The fraction of sp³-hybridized carbons (Fsp3) is 0.654. The minimum absolute atomic E-state index is 0.0130. The van der Waals surface area contributed by atoms with Crippen molar-refractivity contribution < 1.29 is 29.0 Å². The second kappa shape index (κ2) is 11.5. The Morgan fingerprint density at radius 2 is 1.94 bits per heavy atom. The number of amides is 3. The summed E-state index contributed by atoms with van der Waals surface area (Å²) in [7, 11) is 0. The summed E-state index contributed by atoms with van der Waals surface area (Å²) in [4.78, 5) is 42.2. The lowest BCUT2D eigenvalue weighted by Crippen LogP contribution is -2.56. The van der Waals surface area contributed by atoms with Gasteiger partial charge in [0.25, 0.3) is 0 Å². The van der Waals surface area contributed by atoms with Crippen molar-refractivity contribution in [2.75, 3.05) is 31.6 Å². The van der Waals surface area contributed by atoms with Crippen molar-refractivity contribution >= 4 is 39.3 Å². The van der Waals surface area contributed by atoms with Crippen LogP contribution >= 0.6 is 15.9 Å². The lowest BCUT2D eigenvalue weighted by Gasteiger charge is -2.34. The van der Waals surface area contributed by atoms with E-state index in [2.05, 4.69) is 26.6 Å². The molecule has 0 aliphatic carbocycles. The fourth-order valence-corrected chi connectivity index (χ4v) is 6.82. The van der Waals surface area contributed by atoms with Gasteiger partial charge in [0.1, 0.15) is 17.4 Å². The minimum Gasteiger partial charge on any atom is -0.494 e. The predicted octanol–water partition coefficient (Wildman–Crippen LogP) is 2.46. The molecule has 3 heterocycles. The van der Waals surface area contributed by atoms with Crippen LogP contribution < -0.4 is 15.4 Å². The molecule has 1 aromatic carbocycles. The number of fused-ring (bicyclic) bond motifs is 1. The number of benzene rings is 1. The van der Waals surface area contributed by atoms with E-state index in [1.807, 2.05) is 13.8 Å².